The average Bonchev–Trinajstić information content (AvgIpc) is 3.08. The lowest BCUT2D eigenvalue weighted by atomic mass is 10.0. The second kappa shape index (κ2) is 9.97. The molecule has 2 amide bonds. The second-order valence-electron chi connectivity index (χ2n) is 7.98. The molecule has 32 heavy (non-hydrogen) atoms. The number of amides is 2. The Hall–Kier alpha value is -3.16. The topological polar surface area (TPSA) is 62.3 Å². The number of benzene rings is 2. The van der Waals surface area contributed by atoms with Crippen molar-refractivity contribution in [3.8, 4) is 5.75 Å². The molecule has 2 aromatic carbocycles. The van der Waals surface area contributed by atoms with Crippen LogP contribution in [0.5, 0.6) is 5.75 Å². The molecule has 0 aliphatic carbocycles. The minimum Gasteiger partial charge on any atom is -0.496 e. The molecule has 168 valence electrons. The molecule has 0 atom stereocenters. The van der Waals surface area contributed by atoms with Gasteiger partial charge in [-0.2, -0.15) is 0 Å². The summed E-state index contributed by atoms with van der Waals surface area (Å²) >= 11 is 0. The number of nitrogens with zero attached hydrogens (tertiary/aromatic N) is 3. The molecule has 0 radical (unpaired) electrons. The van der Waals surface area contributed by atoms with Crippen molar-refractivity contribution in [1.29, 1.82) is 0 Å². The number of para-hydroxylation sites is 1. The Morgan fingerprint density at radius 3 is 2.34 bits per heavy atom. The summed E-state index contributed by atoms with van der Waals surface area (Å²) in [5.41, 5.74) is 2.50. The van der Waals surface area contributed by atoms with Crippen LogP contribution in [0.15, 0.2) is 60.3 Å². The second-order valence-corrected chi connectivity index (χ2v) is 7.98. The third kappa shape index (κ3) is 4.54. The zero-order valence-corrected chi connectivity index (χ0v) is 18.6. The SMILES string of the molecule is COc1ccccc1C1=C(N(C)Cc2ccccc2)C(=O)N(CCN2CCOCC2)C1=O. The van der Waals surface area contributed by atoms with Crippen molar-refractivity contribution >= 4 is 17.4 Å². The van der Waals surface area contributed by atoms with Gasteiger partial charge in [0, 0.05) is 45.3 Å². The van der Waals surface area contributed by atoms with Crippen LogP contribution in [0.2, 0.25) is 0 Å². The molecular weight excluding hydrogens is 406 g/mol. The van der Waals surface area contributed by atoms with Crippen LogP contribution in [0.25, 0.3) is 5.57 Å². The Kier molecular flexibility index (Phi) is 6.87. The van der Waals surface area contributed by atoms with Gasteiger partial charge in [-0.15, -0.1) is 0 Å². The molecule has 0 unspecified atom stereocenters. The van der Waals surface area contributed by atoms with E-state index in [4.69, 9.17) is 9.47 Å². The van der Waals surface area contributed by atoms with E-state index in [0.717, 1.165) is 18.7 Å². The molecule has 0 bridgehead atoms. The highest BCUT2D eigenvalue weighted by Gasteiger charge is 2.41. The monoisotopic (exact) mass is 435 g/mol. The van der Waals surface area contributed by atoms with Crippen LogP contribution in [0, 0.1) is 0 Å². The maximum absolute atomic E-state index is 13.5. The van der Waals surface area contributed by atoms with Crippen molar-refractivity contribution in [3.05, 3.63) is 71.4 Å². The lowest BCUT2D eigenvalue weighted by Gasteiger charge is -2.28. The molecule has 0 saturated carbocycles. The van der Waals surface area contributed by atoms with Gasteiger partial charge in [0.25, 0.3) is 11.8 Å². The number of rotatable bonds is 8. The number of carbonyl (C=O) groups is 2. The van der Waals surface area contributed by atoms with E-state index in [1.807, 2.05) is 66.5 Å². The number of likely N-dealkylation sites (N-methyl/N-ethyl adjacent to an activating group) is 1. The standard InChI is InChI=1S/C25H29N3O4/c1-26(18-19-8-4-3-5-9-19)23-22(20-10-6-7-11-21(20)31-2)24(29)28(25(23)30)13-12-27-14-16-32-17-15-27/h3-11H,12-18H2,1-2H3. The summed E-state index contributed by atoms with van der Waals surface area (Å²) in [7, 11) is 3.43. The van der Waals surface area contributed by atoms with Gasteiger partial charge in [0.15, 0.2) is 0 Å². The number of imide groups is 1. The fourth-order valence-electron chi connectivity index (χ4n) is 4.22. The highest BCUT2D eigenvalue weighted by atomic mass is 16.5. The summed E-state index contributed by atoms with van der Waals surface area (Å²) in [5, 5.41) is 0. The first-order valence-corrected chi connectivity index (χ1v) is 10.9. The lowest BCUT2D eigenvalue weighted by molar-refractivity contribution is -0.137. The maximum atomic E-state index is 13.5. The Morgan fingerprint density at radius 2 is 1.62 bits per heavy atom. The van der Waals surface area contributed by atoms with E-state index in [9.17, 15) is 9.59 Å². The third-order valence-electron chi connectivity index (χ3n) is 5.91. The summed E-state index contributed by atoms with van der Waals surface area (Å²) in [6.45, 7) is 4.47. The first-order valence-electron chi connectivity index (χ1n) is 10.9. The van der Waals surface area contributed by atoms with Gasteiger partial charge in [0.2, 0.25) is 0 Å². The first-order chi connectivity index (χ1) is 15.6. The van der Waals surface area contributed by atoms with Gasteiger partial charge in [0.05, 0.1) is 25.9 Å². The van der Waals surface area contributed by atoms with Crippen molar-refractivity contribution in [1.82, 2.24) is 14.7 Å². The van der Waals surface area contributed by atoms with E-state index < -0.39 is 0 Å². The molecule has 0 spiro atoms. The van der Waals surface area contributed by atoms with Crippen LogP contribution in [0.3, 0.4) is 0 Å². The van der Waals surface area contributed by atoms with Crippen LogP contribution in [-0.4, -0.2) is 80.1 Å². The molecule has 2 aliphatic rings. The molecule has 2 heterocycles. The van der Waals surface area contributed by atoms with Gasteiger partial charge in [-0.3, -0.25) is 19.4 Å². The molecule has 4 rings (SSSR count). The Labute approximate surface area is 188 Å². The van der Waals surface area contributed by atoms with Crippen LogP contribution in [-0.2, 0) is 20.9 Å². The van der Waals surface area contributed by atoms with Gasteiger partial charge in [-0.25, -0.2) is 0 Å². The van der Waals surface area contributed by atoms with Crippen LogP contribution in [0.4, 0.5) is 0 Å². The number of hydrogen-bond acceptors (Lipinski definition) is 6. The Morgan fingerprint density at radius 1 is 0.938 bits per heavy atom. The number of methoxy groups -OCH3 is 1. The van der Waals surface area contributed by atoms with E-state index in [2.05, 4.69) is 4.90 Å². The fraction of sp³-hybridized carbons (Fsp3) is 0.360. The normalized spacial score (nSPS) is 17.2. The molecule has 0 N–H and O–H groups in total. The number of ether oxygens (including phenoxy) is 2. The Bertz CT molecular complexity index is 999. The van der Waals surface area contributed by atoms with Gasteiger partial charge in [0.1, 0.15) is 11.4 Å². The lowest BCUT2D eigenvalue weighted by Crippen LogP contribution is -2.44. The largest absolute Gasteiger partial charge is 0.496 e. The van der Waals surface area contributed by atoms with E-state index in [1.54, 1.807) is 7.11 Å². The zero-order valence-electron chi connectivity index (χ0n) is 18.6. The molecule has 7 heteroatoms. The van der Waals surface area contributed by atoms with Crippen molar-refractivity contribution in [2.75, 3.05) is 53.6 Å². The fourth-order valence-corrected chi connectivity index (χ4v) is 4.22. The molecule has 2 aromatic rings. The van der Waals surface area contributed by atoms with E-state index in [1.165, 1.54) is 4.90 Å². The smallest absolute Gasteiger partial charge is 0.277 e. The molecule has 2 aliphatic heterocycles. The van der Waals surface area contributed by atoms with Crippen molar-refractivity contribution in [2.45, 2.75) is 6.54 Å². The van der Waals surface area contributed by atoms with Crippen LogP contribution >= 0.6 is 0 Å². The molecule has 1 saturated heterocycles. The average molecular weight is 436 g/mol. The number of morpholine rings is 1. The van der Waals surface area contributed by atoms with Gasteiger partial charge in [-0.05, 0) is 11.6 Å². The third-order valence-corrected chi connectivity index (χ3v) is 5.91. The predicted molar refractivity (Wildman–Crippen MR) is 122 cm³/mol. The first kappa shape index (κ1) is 22.0. The molecule has 1 fully saturated rings. The quantitative estimate of drug-likeness (QED) is 0.593. The summed E-state index contributed by atoms with van der Waals surface area (Å²) in [4.78, 5) is 32.5. The summed E-state index contributed by atoms with van der Waals surface area (Å²) < 4.78 is 10.9. The van der Waals surface area contributed by atoms with Crippen LogP contribution in [0.1, 0.15) is 11.1 Å². The van der Waals surface area contributed by atoms with E-state index >= 15 is 0 Å². The summed E-state index contributed by atoms with van der Waals surface area (Å²) in [5.74, 6) is 0.0366. The minimum absolute atomic E-state index is 0.261. The van der Waals surface area contributed by atoms with Gasteiger partial charge < -0.3 is 14.4 Å². The van der Waals surface area contributed by atoms with Crippen molar-refractivity contribution in [3.63, 3.8) is 0 Å². The van der Waals surface area contributed by atoms with Gasteiger partial charge >= 0.3 is 0 Å². The Balaban J connectivity index is 1.65. The van der Waals surface area contributed by atoms with Crippen molar-refractivity contribution < 1.29 is 19.1 Å². The van der Waals surface area contributed by atoms with Crippen LogP contribution < -0.4 is 4.74 Å². The summed E-state index contributed by atoms with van der Waals surface area (Å²) in [6.07, 6.45) is 0. The molecule has 7 nitrogen and oxygen atoms in total. The molecule has 0 aromatic heterocycles. The zero-order chi connectivity index (χ0) is 22.5. The highest BCUT2D eigenvalue weighted by molar-refractivity contribution is 6.36. The van der Waals surface area contributed by atoms with Gasteiger partial charge in [-0.1, -0.05) is 48.5 Å². The van der Waals surface area contributed by atoms with Crippen molar-refractivity contribution in [2.24, 2.45) is 0 Å². The number of hydrogen-bond donors (Lipinski definition) is 0. The summed E-state index contributed by atoms with van der Waals surface area (Å²) in [6, 6.07) is 17.3. The highest BCUT2D eigenvalue weighted by Crippen LogP contribution is 2.36. The number of carbonyl (C=O) groups excluding carboxylic acids is 2. The maximum Gasteiger partial charge on any atom is 0.277 e. The van der Waals surface area contributed by atoms with E-state index in [-0.39, 0.29) is 11.8 Å². The molecular formula is C25H29N3O4. The predicted octanol–water partition coefficient (Wildman–Crippen LogP) is 2.24. The minimum atomic E-state index is -0.275. The van der Waals surface area contributed by atoms with E-state index in [0.29, 0.717) is 55.4 Å².